The fraction of sp³-hybridized carbons (Fsp3) is 0. The van der Waals surface area contributed by atoms with Crippen LogP contribution < -0.4 is 5.63 Å². The molecule has 0 saturated carbocycles. The molecule has 9 heteroatoms. The third-order valence-electron chi connectivity index (χ3n) is 2.65. The molecule has 0 spiro atoms. The van der Waals surface area contributed by atoms with Gasteiger partial charge < -0.3 is 24.8 Å². The van der Waals surface area contributed by atoms with E-state index in [1.165, 1.54) is 0 Å². The Morgan fingerprint density at radius 3 is 1.95 bits per heavy atom. The van der Waals surface area contributed by atoms with Gasteiger partial charge in [0, 0.05) is 11.5 Å². The second kappa shape index (κ2) is 4.63. The van der Waals surface area contributed by atoms with Gasteiger partial charge in [0.25, 0.3) is 0 Å². The molecule has 0 aliphatic rings. The molecule has 0 fully saturated rings. The van der Waals surface area contributed by atoms with Gasteiger partial charge in [0.1, 0.15) is 11.3 Å². The number of carbonyl (C=O) groups is 3. The summed E-state index contributed by atoms with van der Waals surface area (Å²) in [6.45, 7) is 0. The number of fused-ring (bicyclic) bond motifs is 1. The van der Waals surface area contributed by atoms with Crippen molar-refractivity contribution in [2.24, 2.45) is 0 Å². The van der Waals surface area contributed by atoms with Gasteiger partial charge in [0.15, 0.2) is 5.56 Å². The molecule has 1 aromatic carbocycles. The summed E-state index contributed by atoms with van der Waals surface area (Å²) in [5, 5.41) is 35.8. The van der Waals surface area contributed by atoms with Crippen LogP contribution in [-0.4, -0.2) is 38.3 Å². The summed E-state index contributed by atoms with van der Waals surface area (Å²) in [7, 11) is 0. The number of hydrogen-bond donors (Lipinski definition) is 4. The van der Waals surface area contributed by atoms with Gasteiger partial charge >= 0.3 is 23.5 Å². The summed E-state index contributed by atoms with van der Waals surface area (Å²) < 4.78 is 4.59. The van der Waals surface area contributed by atoms with E-state index in [4.69, 9.17) is 15.3 Å². The van der Waals surface area contributed by atoms with Gasteiger partial charge in [0.05, 0.1) is 11.1 Å². The molecule has 0 aliphatic carbocycles. The molecule has 0 unspecified atom stereocenters. The van der Waals surface area contributed by atoms with E-state index in [2.05, 4.69) is 4.42 Å². The molecular formula is C12H6O9. The van der Waals surface area contributed by atoms with E-state index in [-0.39, 0.29) is 0 Å². The lowest BCUT2D eigenvalue weighted by molar-refractivity contribution is 0.0647. The molecule has 1 heterocycles. The number of carboxylic acids is 3. The van der Waals surface area contributed by atoms with E-state index in [9.17, 15) is 24.3 Å². The topological polar surface area (TPSA) is 162 Å². The highest BCUT2D eigenvalue weighted by atomic mass is 16.4. The van der Waals surface area contributed by atoms with Crippen molar-refractivity contribution >= 4 is 28.9 Å². The molecule has 4 N–H and O–H groups in total. The fourth-order valence-corrected chi connectivity index (χ4v) is 1.89. The Kier molecular flexibility index (Phi) is 3.10. The Hall–Kier alpha value is -3.36. The highest BCUT2D eigenvalue weighted by Crippen LogP contribution is 2.28. The number of aromatic carboxylic acids is 3. The van der Waals surface area contributed by atoms with Crippen molar-refractivity contribution in [2.75, 3.05) is 0 Å². The molecule has 1 aromatic heterocycles. The van der Waals surface area contributed by atoms with E-state index in [0.29, 0.717) is 0 Å². The van der Waals surface area contributed by atoms with Crippen LogP contribution in [0, 0.1) is 0 Å². The summed E-state index contributed by atoms with van der Waals surface area (Å²) in [4.78, 5) is 45.0. The van der Waals surface area contributed by atoms with Gasteiger partial charge in [-0.2, -0.15) is 0 Å². The van der Waals surface area contributed by atoms with E-state index in [0.717, 1.165) is 12.1 Å². The van der Waals surface area contributed by atoms with Crippen molar-refractivity contribution in [2.45, 2.75) is 0 Å². The largest absolute Gasteiger partial charge is 0.508 e. The van der Waals surface area contributed by atoms with E-state index in [1.54, 1.807) is 0 Å². The third kappa shape index (κ3) is 2.16. The number of phenols is 1. The molecule has 0 amide bonds. The number of phenolic OH excluding ortho intramolecular Hbond substituents is 1. The Bertz CT molecular complexity index is 859. The van der Waals surface area contributed by atoms with Crippen LogP contribution in [0.25, 0.3) is 11.0 Å². The van der Waals surface area contributed by atoms with Gasteiger partial charge in [-0.3, -0.25) is 0 Å². The number of benzene rings is 1. The first kappa shape index (κ1) is 14.1. The third-order valence-corrected chi connectivity index (χ3v) is 2.65. The predicted molar refractivity (Wildman–Crippen MR) is 65.0 cm³/mol. The van der Waals surface area contributed by atoms with Crippen LogP contribution in [0.5, 0.6) is 5.75 Å². The van der Waals surface area contributed by atoms with E-state index >= 15 is 0 Å². The smallest absolute Gasteiger partial charge is 0.351 e. The zero-order valence-electron chi connectivity index (χ0n) is 9.98. The maximum Gasteiger partial charge on any atom is 0.351 e. The second-order valence-electron chi connectivity index (χ2n) is 3.92. The van der Waals surface area contributed by atoms with Crippen LogP contribution in [0.3, 0.4) is 0 Å². The molecule has 2 aromatic rings. The van der Waals surface area contributed by atoms with Crippen molar-refractivity contribution in [3.63, 3.8) is 0 Å². The summed E-state index contributed by atoms with van der Waals surface area (Å²) in [6.07, 6.45) is 0. The molecule has 2 rings (SSSR count). The highest BCUT2D eigenvalue weighted by Gasteiger charge is 2.28. The number of rotatable bonds is 3. The minimum absolute atomic E-state index is 0.542. The Labute approximate surface area is 114 Å². The second-order valence-corrected chi connectivity index (χ2v) is 3.92. The summed E-state index contributed by atoms with van der Waals surface area (Å²) in [6, 6.07) is 1.55. The van der Waals surface area contributed by atoms with Crippen LogP contribution in [0.1, 0.15) is 31.1 Å². The maximum absolute atomic E-state index is 11.6. The van der Waals surface area contributed by atoms with Gasteiger partial charge in [-0.1, -0.05) is 0 Å². The first-order valence-corrected chi connectivity index (χ1v) is 5.27. The van der Waals surface area contributed by atoms with Crippen molar-refractivity contribution < 1.29 is 39.2 Å². The average molecular weight is 294 g/mol. The Morgan fingerprint density at radius 2 is 1.48 bits per heavy atom. The normalized spacial score (nSPS) is 10.5. The molecule has 0 saturated heterocycles. The van der Waals surface area contributed by atoms with Crippen LogP contribution in [0.2, 0.25) is 0 Å². The van der Waals surface area contributed by atoms with Gasteiger partial charge in [-0.05, 0) is 6.07 Å². The quantitative estimate of drug-likeness (QED) is 0.593. The molecule has 9 nitrogen and oxygen atoms in total. The maximum atomic E-state index is 11.6. The lowest BCUT2D eigenvalue weighted by Gasteiger charge is -2.08. The highest BCUT2D eigenvalue weighted by molar-refractivity contribution is 6.15. The van der Waals surface area contributed by atoms with E-state index in [1.807, 2.05) is 0 Å². The summed E-state index contributed by atoms with van der Waals surface area (Å²) in [5.74, 6) is -5.88. The zero-order chi connectivity index (χ0) is 15.9. The van der Waals surface area contributed by atoms with Gasteiger partial charge in [-0.25, -0.2) is 19.2 Å². The molecule has 0 radical (unpaired) electrons. The Balaban J connectivity index is 3.18. The van der Waals surface area contributed by atoms with Crippen LogP contribution in [0.4, 0.5) is 0 Å². The first-order valence-electron chi connectivity index (χ1n) is 5.27. The average Bonchev–Trinajstić information content (AvgIpc) is 2.34. The lowest BCUT2D eigenvalue weighted by Crippen LogP contribution is -2.21. The van der Waals surface area contributed by atoms with Crippen LogP contribution in [-0.2, 0) is 0 Å². The minimum atomic E-state index is -1.87. The predicted octanol–water partition coefficient (Wildman–Crippen LogP) is 0.593. The van der Waals surface area contributed by atoms with E-state index < -0.39 is 56.9 Å². The number of carboxylic acid groups (broad SMARTS) is 3. The Morgan fingerprint density at radius 1 is 0.905 bits per heavy atom. The van der Waals surface area contributed by atoms with Crippen LogP contribution >= 0.6 is 0 Å². The summed E-state index contributed by atoms with van der Waals surface area (Å²) >= 11 is 0. The molecule has 0 bridgehead atoms. The standard InChI is InChI=1S/C12H6O9/c13-3-1-4(9(14)15)6-5(2-3)21-12(20)8(11(18)19)7(6)10(16)17/h1-2,13H,(H,14,15)(H,16,17)(H,18,19). The van der Waals surface area contributed by atoms with Gasteiger partial charge in [-0.15, -0.1) is 0 Å². The molecule has 108 valence electrons. The summed E-state index contributed by atoms with van der Waals surface area (Å²) in [5.41, 5.74) is -4.91. The van der Waals surface area contributed by atoms with Gasteiger partial charge in [0.2, 0.25) is 0 Å². The molecule has 21 heavy (non-hydrogen) atoms. The minimum Gasteiger partial charge on any atom is -0.508 e. The van der Waals surface area contributed by atoms with Crippen molar-refractivity contribution in [3.05, 3.63) is 39.2 Å². The SMILES string of the molecule is O=C(O)c1c(C(=O)O)c2c(C(=O)O)cc(O)cc2oc1=O. The van der Waals surface area contributed by atoms with Crippen molar-refractivity contribution in [1.82, 2.24) is 0 Å². The number of aromatic hydroxyl groups is 1. The lowest BCUT2D eigenvalue weighted by atomic mass is 9.99. The van der Waals surface area contributed by atoms with Crippen LogP contribution in [0.15, 0.2) is 21.3 Å². The molecular weight excluding hydrogens is 288 g/mol. The van der Waals surface area contributed by atoms with Crippen molar-refractivity contribution in [3.8, 4) is 5.75 Å². The fourth-order valence-electron chi connectivity index (χ4n) is 1.89. The number of hydrogen-bond acceptors (Lipinski definition) is 6. The zero-order valence-corrected chi connectivity index (χ0v) is 9.98. The molecule has 0 atom stereocenters. The monoisotopic (exact) mass is 294 g/mol. The van der Waals surface area contributed by atoms with Crippen molar-refractivity contribution in [1.29, 1.82) is 0 Å². The molecule has 0 aliphatic heterocycles. The first-order chi connectivity index (χ1) is 9.73.